The van der Waals surface area contributed by atoms with Crippen molar-refractivity contribution in [1.29, 1.82) is 0 Å². The molecule has 164 valence electrons. The van der Waals surface area contributed by atoms with Crippen LogP contribution < -0.4 is 15.0 Å². The summed E-state index contributed by atoms with van der Waals surface area (Å²) in [6.45, 7) is 4.10. The van der Waals surface area contributed by atoms with E-state index in [1.54, 1.807) is 18.4 Å². The second kappa shape index (κ2) is 8.76. The lowest BCUT2D eigenvalue weighted by Crippen LogP contribution is -2.20. The first kappa shape index (κ1) is 20.7. The number of hydrogen-bond acceptors (Lipinski definition) is 6. The van der Waals surface area contributed by atoms with E-state index < -0.39 is 0 Å². The van der Waals surface area contributed by atoms with E-state index in [9.17, 15) is 0 Å². The lowest BCUT2D eigenvalue weighted by Gasteiger charge is -2.18. The molecule has 0 unspecified atom stereocenters. The van der Waals surface area contributed by atoms with E-state index in [1.807, 2.05) is 24.3 Å². The number of hydrogen-bond donors (Lipinski definition) is 1. The normalized spacial score (nSPS) is 13.9. The van der Waals surface area contributed by atoms with Crippen LogP contribution in [0.1, 0.15) is 24.6 Å². The Hall–Kier alpha value is -3.16. The van der Waals surface area contributed by atoms with Crippen LogP contribution in [-0.4, -0.2) is 41.6 Å². The summed E-state index contributed by atoms with van der Waals surface area (Å²) in [5.74, 6) is 1.92. The Morgan fingerprint density at radius 2 is 1.94 bits per heavy atom. The largest absolute Gasteiger partial charge is 0.497 e. The number of aromatic nitrogens is 3. The van der Waals surface area contributed by atoms with Crippen LogP contribution >= 0.6 is 11.3 Å². The van der Waals surface area contributed by atoms with Crippen molar-refractivity contribution in [3.63, 3.8) is 0 Å². The second-order valence-electron chi connectivity index (χ2n) is 7.87. The van der Waals surface area contributed by atoms with Crippen molar-refractivity contribution >= 4 is 33.5 Å². The molecule has 0 fully saturated rings. The molecule has 0 saturated carbocycles. The molecule has 0 bridgehead atoms. The van der Waals surface area contributed by atoms with Gasteiger partial charge < -0.3 is 15.0 Å². The van der Waals surface area contributed by atoms with Crippen LogP contribution in [-0.2, 0) is 6.42 Å². The minimum absolute atomic E-state index is 0.847. The molecule has 0 amide bonds. The van der Waals surface area contributed by atoms with Crippen LogP contribution in [0.4, 0.5) is 10.9 Å². The SMILES string of the molecule is CCc1nc2ccc(C3=CCNCC3)cn2c1N(C)c1nc(-c2ccc(OC)cc2)cs1. The van der Waals surface area contributed by atoms with Gasteiger partial charge in [0.05, 0.1) is 18.5 Å². The van der Waals surface area contributed by atoms with Crippen molar-refractivity contribution in [2.75, 3.05) is 32.1 Å². The molecule has 0 radical (unpaired) electrons. The summed E-state index contributed by atoms with van der Waals surface area (Å²) in [4.78, 5) is 12.0. The summed E-state index contributed by atoms with van der Waals surface area (Å²) < 4.78 is 7.49. The molecule has 0 saturated heterocycles. The van der Waals surface area contributed by atoms with Crippen LogP contribution in [0.15, 0.2) is 54.1 Å². The summed E-state index contributed by atoms with van der Waals surface area (Å²) in [5.41, 5.74) is 6.73. The molecule has 1 aromatic carbocycles. The molecule has 4 heterocycles. The van der Waals surface area contributed by atoms with E-state index >= 15 is 0 Å². The van der Waals surface area contributed by atoms with Gasteiger partial charge in [0.15, 0.2) is 5.13 Å². The number of pyridine rings is 1. The maximum absolute atomic E-state index is 5.27. The van der Waals surface area contributed by atoms with Gasteiger partial charge in [0.1, 0.15) is 17.2 Å². The number of anilines is 2. The first-order chi connectivity index (χ1) is 15.7. The maximum Gasteiger partial charge on any atom is 0.191 e. The quantitative estimate of drug-likeness (QED) is 0.444. The topological polar surface area (TPSA) is 54.7 Å². The molecule has 5 rings (SSSR count). The van der Waals surface area contributed by atoms with Crippen LogP contribution in [0, 0.1) is 0 Å². The van der Waals surface area contributed by atoms with Gasteiger partial charge in [-0.2, -0.15) is 0 Å². The number of methoxy groups -OCH3 is 1. The van der Waals surface area contributed by atoms with E-state index in [4.69, 9.17) is 14.7 Å². The average molecular weight is 446 g/mol. The van der Waals surface area contributed by atoms with E-state index in [1.165, 1.54) is 11.1 Å². The van der Waals surface area contributed by atoms with Crippen molar-refractivity contribution in [3.8, 4) is 17.0 Å². The Kier molecular flexibility index (Phi) is 5.68. The number of benzene rings is 1. The van der Waals surface area contributed by atoms with Crippen LogP contribution in [0.25, 0.3) is 22.5 Å². The molecule has 6 nitrogen and oxygen atoms in total. The molecule has 4 aromatic rings. The highest BCUT2D eigenvalue weighted by Crippen LogP contribution is 2.34. The number of nitrogens with zero attached hydrogens (tertiary/aromatic N) is 4. The molecular weight excluding hydrogens is 418 g/mol. The van der Waals surface area contributed by atoms with Crippen molar-refractivity contribution in [2.45, 2.75) is 19.8 Å². The summed E-state index contributed by atoms with van der Waals surface area (Å²) in [7, 11) is 3.76. The van der Waals surface area contributed by atoms with Gasteiger partial charge in [-0.25, -0.2) is 9.97 Å². The summed E-state index contributed by atoms with van der Waals surface area (Å²) in [6.07, 6.45) is 6.42. The molecule has 0 spiro atoms. The zero-order chi connectivity index (χ0) is 22.1. The van der Waals surface area contributed by atoms with E-state index in [0.29, 0.717) is 0 Å². The Morgan fingerprint density at radius 3 is 2.66 bits per heavy atom. The van der Waals surface area contributed by atoms with Gasteiger partial charge in [-0.15, -0.1) is 11.3 Å². The first-order valence-corrected chi connectivity index (χ1v) is 11.8. The van der Waals surface area contributed by atoms with Gasteiger partial charge in [-0.3, -0.25) is 4.40 Å². The molecule has 1 aliphatic rings. The highest BCUT2D eigenvalue weighted by atomic mass is 32.1. The zero-order valence-electron chi connectivity index (χ0n) is 18.6. The van der Waals surface area contributed by atoms with Crippen LogP contribution in [0.5, 0.6) is 5.75 Å². The molecule has 0 atom stereocenters. The Morgan fingerprint density at radius 1 is 1.12 bits per heavy atom. The molecule has 32 heavy (non-hydrogen) atoms. The lowest BCUT2D eigenvalue weighted by atomic mass is 10.0. The van der Waals surface area contributed by atoms with Crippen molar-refractivity contribution in [1.82, 2.24) is 19.7 Å². The number of thiazole rings is 1. The first-order valence-electron chi connectivity index (χ1n) is 10.9. The molecular formula is C25H27N5OS. The van der Waals surface area contributed by atoms with Gasteiger partial charge in [0.25, 0.3) is 0 Å². The fraction of sp³-hybridized carbons (Fsp3) is 0.280. The summed E-state index contributed by atoms with van der Waals surface area (Å²) >= 11 is 1.64. The van der Waals surface area contributed by atoms with Crippen molar-refractivity contribution in [3.05, 3.63) is 65.3 Å². The lowest BCUT2D eigenvalue weighted by molar-refractivity contribution is 0.415. The third kappa shape index (κ3) is 3.78. The van der Waals surface area contributed by atoms with Crippen molar-refractivity contribution < 1.29 is 4.74 Å². The maximum atomic E-state index is 5.27. The average Bonchev–Trinajstić information content (AvgIpc) is 3.49. The second-order valence-corrected chi connectivity index (χ2v) is 8.70. The number of imidazole rings is 1. The van der Waals surface area contributed by atoms with Crippen molar-refractivity contribution in [2.24, 2.45) is 0 Å². The summed E-state index contributed by atoms with van der Waals surface area (Å²) in [5, 5.41) is 6.44. The fourth-order valence-electron chi connectivity index (χ4n) is 4.15. The predicted molar refractivity (Wildman–Crippen MR) is 132 cm³/mol. The highest BCUT2D eigenvalue weighted by molar-refractivity contribution is 7.14. The van der Waals surface area contributed by atoms with Gasteiger partial charge in [0.2, 0.25) is 0 Å². The van der Waals surface area contributed by atoms with Gasteiger partial charge in [-0.1, -0.05) is 13.0 Å². The third-order valence-corrected chi connectivity index (χ3v) is 6.83. The van der Waals surface area contributed by atoms with Crippen LogP contribution in [0.2, 0.25) is 0 Å². The molecule has 1 aliphatic heterocycles. The molecule has 1 N–H and O–H groups in total. The van der Waals surface area contributed by atoms with E-state index in [2.05, 4.69) is 58.4 Å². The highest BCUT2D eigenvalue weighted by Gasteiger charge is 2.20. The summed E-state index contributed by atoms with van der Waals surface area (Å²) in [6, 6.07) is 12.3. The fourth-order valence-corrected chi connectivity index (χ4v) is 4.95. The predicted octanol–water partition coefficient (Wildman–Crippen LogP) is 5.17. The monoisotopic (exact) mass is 445 g/mol. The Bertz CT molecular complexity index is 1270. The van der Waals surface area contributed by atoms with Gasteiger partial charge in [0, 0.05) is 30.7 Å². The molecule has 0 aliphatic carbocycles. The molecule has 3 aromatic heterocycles. The number of fused-ring (bicyclic) bond motifs is 1. The number of aryl methyl sites for hydroxylation is 1. The minimum atomic E-state index is 0.847. The van der Waals surface area contributed by atoms with Crippen LogP contribution in [0.3, 0.4) is 0 Å². The third-order valence-electron chi connectivity index (χ3n) is 5.91. The van der Waals surface area contributed by atoms with E-state index in [-0.39, 0.29) is 0 Å². The smallest absolute Gasteiger partial charge is 0.191 e. The van der Waals surface area contributed by atoms with Gasteiger partial charge in [-0.05, 0) is 66.9 Å². The number of rotatable bonds is 6. The number of nitrogens with one attached hydrogen (secondary N) is 1. The zero-order valence-corrected chi connectivity index (χ0v) is 19.4. The minimum Gasteiger partial charge on any atom is -0.497 e. The Labute approximate surface area is 192 Å². The van der Waals surface area contributed by atoms with E-state index in [0.717, 1.165) is 65.2 Å². The standard InChI is InChI=1S/C25H27N5OS/c1-4-21-24(30-15-19(7-10-23(30)27-21)17-11-13-26-14-12-17)29(2)25-28-22(16-32-25)18-5-8-20(31-3)9-6-18/h5-11,15-16,26H,4,12-14H2,1-3H3. The Balaban J connectivity index is 1.53. The van der Waals surface area contributed by atoms with Gasteiger partial charge >= 0.3 is 0 Å². The number of ether oxygens (including phenoxy) is 1. The molecule has 7 heteroatoms.